The van der Waals surface area contributed by atoms with E-state index >= 15 is 0 Å². The quantitative estimate of drug-likeness (QED) is 0.251. The molecule has 1 aromatic heterocycles. The van der Waals surface area contributed by atoms with Crippen molar-refractivity contribution in [3.63, 3.8) is 0 Å². The largest absolute Gasteiger partial charge is 0.385 e. The maximum absolute atomic E-state index is 6.59. The number of aliphatic imine (C=N–C) groups is 1. The highest BCUT2D eigenvalue weighted by Crippen LogP contribution is 2.42. The van der Waals surface area contributed by atoms with Gasteiger partial charge < -0.3 is 5.32 Å². The number of nitrogens with zero attached hydrogens (tertiary/aromatic N) is 2. The Kier molecular flexibility index (Phi) is 7.03. The highest BCUT2D eigenvalue weighted by atomic mass is 35.5. The van der Waals surface area contributed by atoms with Gasteiger partial charge in [-0.15, -0.1) is 0 Å². The van der Waals surface area contributed by atoms with Crippen molar-refractivity contribution in [1.29, 1.82) is 0 Å². The zero-order valence-corrected chi connectivity index (χ0v) is 21.2. The lowest BCUT2D eigenvalue weighted by atomic mass is 10.00. The monoisotopic (exact) mass is 495 g/mol. The number of rotatable bonds is 7. The molecule has 2 heterocycles. The number of halogens is 1. The zero-order valence-electron chi connectivity index (χ0n) is 19.6. The smallest absolute Gasteiger partial charge is 0.0793 e. The van der Waals surface area contributed by atoms with Gasteiger partial charge in [0.1, 0.15) is 0 Å². The summed E-state index contributed by atoms with van der Waals surface area (Å²) in [5.74, 6) is 0. The van der Waals surface area contributed by atoms with Crippen LogP contribution in [0.4, 0.5) is 5.69 Å². The van der Waals surface area contributed by atoms with E-state index in [1.807, 2.05) is 18.3 Å². The Bertz CT molecular complexity index is 1410. The first-order valence-corrected chi connectivity index (χ1v) is 12.9. The van der Waals surface area contributed by atoms with E-state index in [0.717, 1.165) is 68.7 Å². The topological polar surface area (TPSA) is 37.3 Å². The Balaban J connectivity index is 1.47. The van der Waals surface area contributed by atoms with Crippen molar-refractivity contribution in [3.05, 3.63) is 125 Å². The normalized spacial score (nSPS) is 12.2. The summed E-state index contributed by atoms with van der Waals surface area (Å²) < 4.78 is 0. The molecule has 0 atom stereocenters. The molecule has 3 aromatic carbocycles. The SMILES string of the molecule is C=C(NCCc1cccnc1)c1ccc2c(c1)N=C(c1ccc(CC)c(Cl)c1)c1ccccc1S2. The molecule has 0 fully saturated rings. The molecule has 0 unspecified atom stereocenters. The molecule has 5 heteroatoms. The summed E-state index contributed by atoms with van der Waals surface area (Å²) in [6.07, 6.45) is 5.49. The van der Waals surface area contributed by atoms with E-state index in [1.165, 1.54) is 10.5 Å². The molecule has 1 aliphatic heterocycles. The Morgan fingerprint density at radius 3 is 2.69 bits per heavy atom. The van der Waals surface area contributed by atoms with Crippen LogP contribution in [0.1, 0.15) is 34.7 Å². The van der Waals surface area contributed by atoms with Crippen molar-refractivity contribution in [3.8, 4) is 0 Å². The van der Waals surface area contributed by atoms with Gasteiger partial charge >= 0.3 is 0 Å². The summed E-state index contributed by atoms with van der Waals surface area (Å²) in [5.41, 5.74) is 8.26. The van der Waals surface area contributed by atoms with Gasteiger partial charge in [0.15, 0.2) is 0 Å². The summed E-state index contributed by atoms with van der Waals surface area (Å²) in [6.45, 7) is 7.18. The van der Waals surface area contributed by atoms with Crippen molar-refractivity contribution in [2.24, 2.45) is 4.99 Å². The molecule has 0 saturated heterocycles. The fraction of sp³-hybridized carbons (Fsp3) is 0.133. The highest BCUT2D eigenvalue weighted by Gasteiger charge is 2.20. The van der Waals surface area contributed by atoms with Crippen molar-refractivity contribution in [2.75, 3.05) is 6.54 Å². The number of aryl methyl sites for hydroxylation is 1. The van der Waals surface area contributed by atoms with Crippen LogP contribution >= 0.6 is 23.4 Å². The molecule has 0 amide bonds. The Labute approximate surface area is 216 Å². The van der Waals surface area contributed by atoms with Crippen LogP contribution < -0.4 is 5.32 Å². The lowest BCUT2D eigenvalue weighted by Crippen LogP contribution is -2.15. The first kappa shape index (κ1) is 23.4. The molecule has 1 N–H and O–H groups in total. The maximum atomic E-state index is 6.59. The van der Waals surface area contributed by atoms with Crippen molar-refractivity contribution >= 4 is 40.5 Å². The molecule has 174 valence electrons. The molecule has 5 rings (SSSR count). The molecule has 35 heavy (non-hydrogen) atoms. The van der Waals surface area contributed by atoms with Gasteiger partial charge in [0, 0.05) is 50.6 Å². The van der Waals surface area contributed by atoms with E-state index in [4.69, 9.17) is 16.6 Å². The van der Waals surface area contributed by atoms with Gasteiger partial charge in [0.2, 0.25) is 0 Å². The third-order valence-corrected chi connectivity index (χ3v) is 7.58. The number of fused-ring (bicyclic) bond motifs is 2. The number of nitrogens with one attached hydrogen (secondary N) is 1. The van der Waals surface area contributed by atoms with Crippen LogP contribution in [0.2, 0.25) is 5.02 Å². The number of hydrogen-bond acceptors (Lipinski definition) is 4. The Morgan fingerprint density at radius 2 is 1.89 bits per heavy atom. The summed E-state index contributed by atoms with van der Waals surface area (Å²) in [5, 5.41) is 4.23. The first-order chi connectivity index (χ1) is 17.1. The molecule has 0 spiro atoms. The van der Waals surface area contributed by atoms with Crippen molar-refractivity contribution in [1.82, 2.24) is 10.3 Å². The fourth-order valence-electron chi connectivity index (χ4n) is 4.14. The van der Waals surface area contributed by atoms with Gasteiger partial charge in [-0.1, -0.05) is 79.3 Å². The van der Waals surface area contributed by atoms with Gasteiger partial charge in [-0.3, -0.25) is 4.98 Å². The predicted octanol–water partition coefficient (Wildman–Crippen LogP) is 7.73. The summed E-state index contributed by atoms with van der Waals surface area (Å²) >= 11 is 8.34. The van der Waals surface area contributed by atoms with E-state index in [0.29, 0.717) is 0 Å². The van der Waals surface area contributed by atoms with E-state index < -0.39 is 0 Å². The second-order valence-electron chi connectivity index (χ2n) is 8.42. The molecule has 1 aliphatic rings. The maximum Gasteiger partial charge on any atom is 0.0793 e. The molecule has 0 saturated carbocycles. The van der Waals surface area contributed by atoms with Gasteiger partial charge in [0.25, 0.3) is 0 Å². The molecule has 4 aromatic rings. The third-order valence-electron chi connectivity index (χ3n) is 6.08. The molecular formula is C30H26ClN3S. The van der Waals surface area contributed by atoms with Crippen molar-refractivity contribution < 1.29 is 0 Å². The fourth-order valence-corrected chi connectivity index (χ4v) is 5.45. The number of aromatic nitrogens is 1. The van der Waals surface area contributed by atoms with Gasteiger partial charge in [-0.25, -0.2) is 4.99 Å². The minimum atomic E-state index is 0.780. The standard InChI is InChI=1S/C30H26ClN3S/c1-3-22-10-11-24(17-26(22)31)30-25-8-4-5-9-28(25)35-29-13-12-23(18-27(29)34-30)20(2)33-16-14-21-7-6-15-32-19-21/h4-13,15,17-19,33H,2-3,14,16H2,1H3. The van der Waals surface area contributed by atoms with Gasteiger partial charge in [-0.2, -0.15) is 0 Å². The molecule has 0 bridgehead atoms. The Morgan fingerprint density at radius 1 is 1.00 bits per heavy atom. The van der Waals surface area contributed by atoms with Gasteiger partial charge in [-0.05, 0) is 59.9 Å². The average Bonchev–Trinajstić information content (AvgIpc) is 3.05. The van der Waals surface area contributed by atoms with Crippen LogP contribution in [0.15, 0.2) is 107 Å². The predicted molar refractivity (Wildman–Crippen MR) is 148 cm³/mol. The van der Waals surface area contributed by atoms with Crippen LogP contribution in [0, 0.1) is 0 Å². The third kappa shape index (κ3) is 5.19. The molecule has 0 aliphatic carbocycles. The van der Waals surface area contributed by atoms with Crippen LogP contribution in [0.5, 0.6) is 0 Å². The van der Waals surface area contributed by atoms with Crippen molar-refractivity contribution in [2.45, 2.75) is 29.6 Å². The summed E-state index contributed by atoms with van der Waals surface area (Å²) in [7, 11) is 0. The second kappa shape index (κ2) is 10.5. The average molecular weight is 496 g/mol. The van der Waals surface area contributed by atoms with E-state index in [9.17, 15) is 0 Å². The lowest BCUT2D eigenvalue weighted by molar-refractivity contribution is 0.845. The van der Waals surface area contributed by atoms with Crippen LogP contribution in [0.25, 0.3) is 5.70 Å². The lowest BCUT2D eigenvalue weighted by Gasteiger charge is -2.12. The van der Waals surface area contributed by atoms with E-state index in [1.54, 1.807) is 18.0 Å². The van der Waals surface area contributed by atoms with Crippen LogP contribution in [-0.4, -0.2) is 17.2 Å². The number of benzene rings is 3. The van der Waals surface area contributed by atoms with E-state index in [2.05, 4.69) is 84.5 Å². The van der Waals surface area contributed by atoms with Crippen LogP contribution in [-0.2, 0) is 12.8 Å². The molecular weight excluding hydrogens is 470 g/mol. The number of hydrogen-bond donors (Lipinski definition) is 1. The first-order valence-electron chi connectivity index (χ1n) is 11.7. The minimum Gasteiger partial charge on any atom is -0.385 e. The second-order valence-corrected chi connectivity index (χ2v) is 9.91. The minimum absolute atomic E-state index is 0.780. The summed E-state index contributed by atoms with van der Waals surface area (Å²) in [4.78, 5) is 11.7. The zero-order chi connectivity index (χ0) is 24.2. The molecule has 0 radical (unpaired) electrons. The van der Waals surface area contributed by atoms with Crippen LogP contribution in [0.3, 0.4) is 0 Å². The van der Waals surface area contributed by atoms with E-state index in [-0.39, 0.29) is 0 Å². The highest BCUT2D eigenvalue weighted by molar-refractivity contribution is 7.99. The Hall–Kier alpha value is -3.34. The van der Waals surface area contributed by atoms with Gasteiger partial charge in [0.05, 0.1) is 11.4 Å². The summed E-state index contributed by atoms with van der Waals surface area (Å²) in [6, 6.07) is 25.1. The number of pyridine rings is 1. The molecule has 3 nitrogen and oxygen atoms in total.